The molecule has 90 valence electrons. The fourth-order valence-corrected chi connectivity index (χ4v) is 1.82. The van der Waals surface area contributed by atoms with Gasteiger partial charge in [0.25, 0.3) is 0 Å². The van der Waals surface area contributed by atoms with Crippen LogP contribution >= 0.6 is 0 Å². The Labute approximate surface area is 98.5 Å². The van der Waals surface area contributed by atoms with Gasteiger partial charge in [0.15, 0.2) is 0 Å². The summed E-state index contributed by atoms with van der Waals surface area (Å²) in [5.41, 5.74) is 7.00. The van der Waals surface area contributed by atoms with E-state index in [9.17, 15) is 5.11 Å². The maximum atomic E-state index is 10.3. The summed E-state index contributed by atoms with van der Waals surface area (Å²) in [5.74, 6) is 0.571. The van der Waals surface area contributed by atoms with Crippen molar-refractivity contribution in [3.8, 4) is 0 Å². The second-order valence-electron chi connectivity index (χ2n) is 4.52. The van der Waals surface area contributed by atoms with Crippen LogP contribution in [0.5, 0.6) is 0 Å². The van der Waals surface area contributed by atoms with Crippen molar-refractivity contribution in [2.75, 3.05) is 6.54 Å². The topological polar surface area (TPSA) is 46.2 Å². The van der Waals surface area contributed by atoms with Crippen molar-refractivity contribution in [1.82, 2.24) is 0 Å². The molecule has 0 aliphatic carbocycles. The van der Waals surface area contributed by atoms with Crippen molar-refractivity contribution >= 4 is 0 Å². The minimum Gasteiger partial charge on any atom is -0.384 e. The number of benzene rings is 1. The highest BCUT2D eigenvalue weighted by molar-refractivity contribution is 5.29. The fraction of sp³-hybridized carbons (Fsp3) is 0.571. The standard InChI is InChI=1S/C14H23NO/c1-4-11(3)12-6-8-13(9-7-12)14(16,5-2)10-15/h6-9,11,16H,4-5,10,15H2,1-3H3. The Morgan fingerprint density at radius 1 is 1.25 bits per heavy atom. The lowest BCUT2D eigenvalue weighted by molar-refractivity contribution is 0.0418. The van der Waals surface area contributed by atoms with Crippen LogP contribution in [0.3, 0.4) is 0 Å². The van der Waals surface area contributed by atoms with Crippen molar-refractivity contribution in [2.24, 2.45) is 5.73 Å². The summed E-state index contributed by atoms with van der Waals surface area (Å²) >= 11 is 0. The molecule has 0 saturated heterocycles. The van der Waals surface area contributed by atoms with Gasteiger partial charge in [0.1, 0.15) is 5.60 Å². The van der Waals surface area contributed by atoms with Crippen LogP contribution in [0.4, 0.5) is 0 Å². The molecule has 0 heterocycles. The normalized spacial score (nSPS) is 16.8. The first-order valence-corrected chi connectivity index (χ1v) is 6.10. The summed E-state index contributed by atoms with van der Waals surface area (Å²) in [6, 6.07) is 8.19. The van der Waals surface area contributed by atoms with Gasteiger partial charge in [-0.1, -0.05) is 45.0 Å². The van der Waals surface area contributed by atoms with Gasteiger partial charge in [-0.3, -0.25) is 0 Å². The first-order valence-electron chi connectivity index (χ1n) is 6.10. The zero-order valence-electron chi connectivity index (χ0n) is 10.5. The van der Waals surface area contributed by atoms with E-state index in [1.54, 1.807) is 0 Å². The largest absolute Gasteiger partial charge is 0.384 e. The molecule has 0 spiro atoms. The van der Waals surface area contributed by atoms with Crippen molar-refractivity contribution in [1.29, 1.82) is 0 Å². The molecule has 2 atom stereocenters. The molecule has 1 aromatic rings. The van der Waals surface area contributed by atoms with Crippen LogP contribution < -0.4 is 5.73 Å². The van der Waals surface area contributed by atoms with Crippen LogP contribution in [-0.2, 0) is 5.60 Å². The molecule has 1 rings (SSSR count). The van der Waals surface area contributed by atoms with E-state index in [4.69, 9.17) is 5.73 Å². The molecule has 2 heteroatoms. The summed E-state index contributed by atoms with van der Waals surface area (Å²) in [5, 5.41) is 10.3. The molecule has 0 fully saturated rings. The Bertz CT molecular complexity index is 314. The van der Waals surface area contributed by atoms with Crippen molar-refractivity contribution in [2.45, 2.75) is 45.1 Å². The van der Waals surface area contributed by atoms with E-state index in [0.717, 1.165) is 12.0 Å². The highest BCUT2D eigenvalue weighted by Gasteiger charge is 2.24. The van der Waals surface area contributed by atoms with Gasteiger partial charge in [0.05, 0.1) is 0 Å². The summed E-state index contributed by atoms with van der Waals surface area (Å²) in [6.45, 7) is 6.62. The Balaban J connectivity index is 2.94. The van der Waals surface area contributed by atoms with Gasteiger partial charge in [-0.25, -0.2) is 0 Å². The van der Waals surface area contributed by atoms with Crippen LogP contribution in [0.25, 0.3) is 0 Å². The van der Waals surface area contributed by atoms with Crippen LogP contribution in [0, 0.1) is 0 Å². The van der Waals surface area contributed by atoms with Gasteiger partial charge in [-0.05, 0) is 29.9 Å². The molecule has 0 radical (unpaired) electrons. The number of hydrogen-bond donors (Lipinski definition) is 2. The predicted molar refractivity (Wildman–Crippen MR) is 68.4 cm³/mol. The van der Waals surface area contributed by atoms with E-state index >= 15 is 0 Å². The lowest BCUT2D eigenvalue weighted by Gasteiger charge is -2.26. The number of hydrogen-bond acceptors (Lipinski definition) is 2. The SMILES string of the molecule is CCC(C)c1ccc(C(O)(CC)CN)cc1. The van der Waals surface area contributed by atoms with E-state index in [1.165, 1.54) is 5.56 Å². The van der Waals surface area contributed by atoms with Gasteiger partial charge in [-0.15, -0.1) is 0 Å². The molecule has 1 aromatic carbocycles. The van der Waals surface area contributed by atoms with Crippen molar-refractivity contribution in [3.05, 3.63) is 35.4 Å². The monoisotopic (exact) mass is 221 g/mol. The quantitative estimate of drug-likeness (QED) is 0.803. The van der Waals surface area contributed by atoms with Gasteiger partial charge >= 0.3 is 0 Å². The highest BCUT2D eigenvalue weighted by Crippen LogP contribution is 2.26. The molecule has 2 nitrogen and oxygen atoms in total. The third-order valence-electron chi connectivity index (χ3n) is 3.55. The van der Waals surface area contributed by atoms with Crippen LogP contribution in [-0.4, -0.2) is 11.7 Å². The number of rotatable bonds is 5. The number of nitrogens with two attached hydrogens (primary N) is 1. The van der Waals surface area contributed by atoms with Gasteiger partial charge < -0.3 is 10.8 Å². The smallest absolute Gasteiger partial charge is 0.102 e. The lowest BCUT2D eigenvalue weighted by atomic mass is 9.89. The second kappa shape index (κ2) is 5.46. The predicted octanol–water partition coefficient (Wildman–Crippen LogP) is 2.76. The maximum absolute atomic E-state index is 10.3. The lowest BCUT2D eigenvalue weighted by Crippen LogP contribution is -2.34. The first kappa shape index (κ1) is 13.2. The van der Waals surface area contributed by atoms with Gasteiger partial charge in [0, 0.05) is 6.54 Å². The van der Waals surface area contributed by atoms with E-state index in [0.29, 0.717) is 12.3 Å². The van der Waals surface area contributed by atoms with Crippen molar-refractivity contribution < 1.29 is 5.11 Å². The molecule has 0 saturated carbocycles. The van der Waals surface area contributed by atoms with E-state index in [-0.39, 0.29) is 6.54 Å². The van der Waals surface area contributed by atoms with E-state index in [2.05, 4.69) is 26.0 Å². The zero-order chi connectivity index (χ0) is 12.2. The highest BCUT2D eigenvalue weighted by atomic mass is 16.3. The Morgan fingerprint density at radius 2 is 1.81 bits per heavy atom. The molecule has 16 heavy (non-hydrogen) atoms. The summed E-state index contributed by atoms with van der Waals surface area (Å²) in [6.07, 6.45) is 1.78. The Hall–Kier alpha value is -0.860. The van der Waals surface area contributed by atoms with Gasteiger partial charge in [0.2, 0.25) is 0 Å². The van der Waals surface area contributed by atoms with Gasteiger partial charge in [-0.2, -0.15) is 0 Å². The van der Waals surface area contributed by atoms with Crippen molar-refractivity contribution in [3.63, 3.8) is 0 Å². The average molecular weight is 221 g/mol. The van der Waals surface area contributed by atoms with Crippen LogP contribution in [0.2, 0.25) is 0 Å². The molecule has 0 amide bonds. The molecule has 0 aliphatic rings. The molecule has 2 unspecified atom stereocenters. The number of aliphatic hydroxyl groups is 1. The molecule has 0 aliphatic heterocycles. The summed E-state index contributed by atoms with van der Waals surface area (Å²) in [4.78, 5) is 0. The van der Waals surface area contributed by atoms with Crippen LogP contribution in [0.15, 0.2) is 24.3 Å². The summed E-state index contributed by atoms with van der Waals surface area (Å²) in [7, 11) is 0. The molecule has 0 bridgehead atoms. The molecule has 3 N–H and O–H groups in total. The Morgan fingerprint density at radius 3 is 2.19 bits per heavy atom. The molecular weight excluding hydrogens is 198 g/mol. The molecule has 0 aromatic heterocycles. The Kier molecular flexibility index (Phi) is 4.51. The average Bonchev–Trinajstić information content (AvgIpc) is 2.37. The van der Waals surface area contributed by atoms with E-state index < -0.39 is 5.60 Å². The summed E-state index contributed by atoms with van der Waals surface area (Å²) < 4.78 is 0. The van der Waals surface area contributed by atoms with E-state index in [1.807, 2.05) is 19.1 Å². The fourth-order valence-electron chi connectivity index (χ4n) is 1.82. The third-order valence-corrected chi connectivity index (χ3v) is 3.55. The third kappa shape index (κ3) is 2.63. The minimum absolute atomic E-state index is 0.270. The second-order valence-corrected chi connectivity index (χ2v) is 4.52. The van der Waals surface area contributed by atoms with Crippen LogP contribution in [0.1, 0.15) is 50.7 Å². The zero-order valence-corrected chi connectivity index (χ0v) is 10.5. The first-order chi connectivity index (χ1) is 7.57. The maximum Gasteiger partial charge on any atom is 0.102 e. The molecular formula is C14H23NO. The minimum atomic E-state index is -0.867.